The lowest BCUT2D eigenvalue weighted by atomic mass is 9.84. The third kappa shape index (κ3) is 4.78. The van der Waals surface area contributed by atoms with E-state index in [9.17, 15) is 13.2 Å². The molecule has 152 valence electrons. The second-order valence-corrected chi connectivity index (χ2v) is 9.50. The first-order chi connectivity index (χ1) is 13.8. The lowest BCUT2D eigenvalue weighted by Crippen LogP contribution is -2.49. The summed E-state index contributed by atoms with van der Waals surface area (Å²) in [4.78, 5) is 12.2. The monoisotopic (exact) mass is 431 g/mol. The Morgan fingerprint density at radius 3 is 2.31 bits per heavy atom. The normalized spacial score (nSPS) is 19.6. The van der Waals surface area contributed by atoms with Crippen molar-refractivity contribution in [2.24, 2.45) is 11.7 Å². The molecule has 2 atom stereocenters. The van der Waals surface area contributed by atoms with Crippen molar-refractivity contribution in [2.75, 3.05) is 0 Å². The van der Waals surface area contributed by atoms with E-state index in [1.54, 1.807) is 24.3 Å². The van der Waals surface area contributed by atoms with Gasteiger partial charge in [0.2, 0.25) is 15.9 Å². The Bertz CT molecular complexity index is 1010. The highest BCUT2D eigenvalue weighted by atomic mass is 35.5. The van der Waals surface area contributed by atoms with Gasteiger partial charge in [-0.25, -0.2) is 8.42 Å². The van der Waals surface area contributed by atoms with Crippen molar-refractivity contribution in [1.29, 1.82) is 5.26 Å². The molecule has 1 fully saturated rings. The van der Waals surface area contributed by atoms with E-state index in [4.69, 9.17) is 22.6 Å². The van der Waals surface area contributed by atoms with Gasteiger partial charge in [-0.05, 0) is 54.8 Å². The van der Waals surface area contributed by atoms with Crippen LogP contribution in [0.3, 0.4) is 0 Å². The minimum absolute atomic E-state index is 0.0884. The molecule has 0 unspecified atom stereocenters. The Morgan fingerprint density at radius 2 is 1.72 bits per heavy atom. The van der Waals surface area contributed by atoms with Crippen LogP contribution in [0, 0.1) is 17.2 Å². The van der Waals surface area contributed by atoms with Crippen LogP contribution in [-0.4, -0.2) is 24.7 Å². The van der Waals surface area contributed by atoms with Gasteiger partial charge in [0.25, 0.3) is 0 Å². The molecule has 2 aromatic rings. The molecule has 0 heterocycles. The molecule has 0 aromatic heterocycles. The number of sulfonamides is 1. The maximum absolute atomic E-state index is 13.5. The molecule has 1 amide bonds. The average molecular weight is 432 g/mol. The highest BCUT2D eigenvalue weighted by Crippen LogP contribution is 2.33. The Balaban J connectivity index is 2.03. The highest BCUT2D eigenvalue weighted by Gasteiger charge is 2.40. The molecule has 0 radical (unpaired) electrons. The molecule has 0 bridgehead atoms. The van der Waals surface area contributed by atoms with Crippen LogP contribution in [-0.2, 0) is 21.4 Å². The largest absolute Gasteiger partial charge is 0.369 e. The molecule has 1 saturated carbocycles. The van der Waals surface area contributed by atoms with Gasteiger partial charge < -0.3 is 5.73 Å². The molecule has 8 heteroatoms. The van der Waals surface area contributed by atoms with Crippen LogP contribution in [0.1, 0.15) is 36.8 Å². The topological polar surface area (TPSA) is 104 Å². The van der Waals surface area contributed by atoms with Gasteiger partial charge in [-0.15, -0.1) is 0 Å². The second kappa shape index (κ2) is 8.95. The number of halogens is 1. The molecular formula is C21H22ClN3O3S. The summed E-state index contributed by atoms with van der Waals surface area (Å²) >= 11 is 5.92. The highest BCUT2D eigenvalue weighted by molar-refractivity contribution is 7.89. The molecule has 2 aromatic carbocycles. The number of hydrogen-bond donors (Lipinski definition) is 1. The summed E-state index contributed by atoms with van der Waals surface area (Å²) in [7, 11) is -3.90. The number of nitriles is 1. The summed E-state index contributed by atoms with van der Waals surface area (Å²) in [5, 5.41) is 9.43. The Morgan fingerprint density at radius 1 is 1.10 bits per heavy atom. The number of nitrogens with zero attached hydrogens (tertiary/aromatic N) is 2. The quantitative estimate of drug-likeness (QED) is 0.756. The van der Waals surface area contributed by atoms with Gasteiger partial charge in [-0.2, -0.15) is 9.57 Å². The number of benzene rings is 2. The summed E-state index contributed by atoms with van der Waals surface area (Å²) in [6.07, 6.45) is 2.81. The Hall–Kier alpha value is -2.40. The van der Waals surface area contributed by atoms with E-state index in [1.807, 2.05) is 6.07 Å². The fourth-order valence-corrected chi connectivity index (χ4v) is 5.58. The van der Waals surface area contributed by atoms with Gasteiger partial charge in [0.1, 0.15) is 0 Å². The maximum Gasteiger partial charge on any atom is 0.243 e. The smallest absolute Gasteiger partial charge is 0.243 e. The number of primary amides is 1. The van der Waals surface area contributed by atoms with Crippen LogP contribution < -0.4 is 5.73 Å². The van der Waals surface area contributed by atoms with Crippen LogP contribution in [0.4, 0.5) is 0 Å². The predicted octanol–water partition coefficient (Wildman–Crippen LogP) is 3.45. The Labute approximate surface area is 175 Å². The van der Waals surface area contributed by atoms with Gasteiger partial charge in [-0.1, -0.05) is 36.6 Å². The van der Waals surface area contributed by atoms with Crippen molar-refractivity contribution in [3.8, 4) is 6.07 Å². The van der Waals surface area contributed by atoms with E-state index in [1.165, 1.54) is 28.6 Å². The van der Waals surface area contributed by atoms with Crippen molar-refractivity contribution < 1.29 is 13.2 Å². The number of hydrogen-bond acceptors (Lipinski definition) is 4. The molecular weight excluding hydrogens is 410 g/mol. The van der Waals surface area contributed by atoms with E-state index in [0.717, 1.165) is 18.4 Å². The molecule has 1 aliphatic carbocycles. The van der Waals surface area contributed by atoms with E-state index in [0.29, 0.717) is 23.4 Å². The average Bonchev–Trinajstić information content (AvgIpc) is 2.72. The summed E-state index contributed by atoms with van der Waals surface area (Å²) in [6.45, 7) is 0.0884. The van der Waals surface area contributed by atoms with Gasteiger partial charge >= 0.3 is 0 Å². The van der Waals surface area contributed by atoms with Crippen LogP contribution >= 0.6 is 11.6 Å². The number of nitrogens with two attached hydrogens (primary N) is 1. The third-order valence-electron chi connectivity index (χ3n) is 5.31. The molecule has 29 heavy (non-hydrogen) atoms. The minimum atomic E-state index is -3.90. The van der Waals surface area contributed by atoms with E-state index >= 15 is 0 Å². The summed E-state index contributed by atoms with van der Waals surface area (Å²) in [6, 6.07) is 14.3. The number of carbonyl (C=O) groups excluding carboxylic acids is 1. The zero-order chi connectivity index (χ0) is 21.0. The number of rotatable bonds is 6. The van der Waals surface area contributed by atoms with Crippen molar-refractivity contribution in [3.05, 3.63) is 64.7 Å². The molecule has 6 nitrogen and oxygen atoms in total. The van der Waals surface area contributed by atoms with Crippen molar-refractivity contribution in [2.45, 2.75) is 43.2 Å². The molecule has 3 rings (SSSR count). The molecule has 1 aliphatic rings. The SMILES string of the molecule is N#Cc1ccc(CN([C@H]2CCCC[C@@H]2C(N)=O)S(=O)(=O)c2ccc(Cl)cc2)cc1. The van der Waals surface area contributed by atoms with E-state index in [-0.39, 0.29) is 11.4 Å². The number of carbonyl (C=O) groups is 1. The zero-order valence-electron chi connectivity index (χ0n) is 15.8. The van der Waals surface area contributed by atoms with Gasteiger partial charge in [-0.3, -0.25) is 4.79 Å². The van der Waals surface area contributed by atoms with E-state index in [2.05, 4.69) is 0 Å². The predicted molar refractivity (Wildman–Crippen MR) is 110 cm³/mol. The first kappa shape index (κ1) is 21.3. The molecule has 0 saturated heterocycles. The molecule has 0 aliphatic heterocycles. The zero-order valence-corrected chi connectivity index (χ0v) is 17.4. The van der Waals surface area contributed by atoms with Crippen molar-refractivity contribution >= 4 is 27.5 Å². The molecule has 0 spiro atoms. The first-order valence-corrected chi connectivity index (χ1v) is 11.2. The fourth-order valence-electron chi connectivity index (χ4n) is 3.77. The van der Waals surface area contributed by atoms with Gasteiger partial charge in [0.05, 0.1) is 22.4 Å². The summed E-state index contributed by atoms with van der Waals surface area (Å²) < 4.78 is 28.4. The van der Waals surface area contributed by atoms with Crippen molar-refractivity contribution in [3.63, 3.8) is 0 Å². The van der Waals surface area contributed by atoms with Crippen LogP contribution in [0.2, 0.25) is 5.02 Å². The van der Waals surface area contributed by atoms with Gasteiger partial charge in [0.15, 0.2) is 0 Å². The minimum Gasteiger partial charge on any atom is -0.369 e. The fraction of sp³-hybridized carbons (Fsp3) is 0.333. The van der Waals surface area contributed by atoms with Crippen molar-refractivity contribution in [1.82, 2.24) is 4.31 Å². The van der Waals surface area contributed by atoms with Crippen LogP contribution in [0.25, 0.3) is 0 Å². The van der Waals surface area contributed by atoms with Crippen LogP contribution in [0.15, 0.2) is 53.4 Å². The summed E-state index contributed by atoms with van der Waals surface area (Å²) in [5.74, 6) is -1.02. The molecule has 2 N–H and O–H groups in total. The lowest BCUT2D eigenvalue weighted by molar-refractivity contribution is -0.124. The summed E-state index contributed by atoms with van der Waals surface area (Å²) in [5.41, 5.74) is 6.84. The second-order valence-electron chi connectivity index (χ2n) is 7.17. The van der Waals surface area contributed by atoms with E-state index < -0.39 is 27.9 Å². The number of amides is 1. The Kier molecular flexibility index (Phi) is 6.58. The lowest BCUT2D eigenvalue weighted by Gasteiger charge is -2.38. The first-order valence-electron chi connectivity index (χ1n) is 9.38. The van der Waals surface area contributed by atoms with Gasteiger partial charge in [0, 0.05) is 17.6 Å². The standard InChI is InChI=1S/C21H22ClN3O3S/c22-17-9-11-18(12-10-17)29(27,28)25(14-16-7-5-15(13-23)6-8-16)20-4-2-1-3-19(20)21(24)26/h5-12,19-20H,1-4,14H2,(H2,24,26)/t19-,20-/m0/s1. The van der Waals surface area contributed by atoms with Crippen LogP contribution in [0.5, 0.6) is 0 Å². The maximum atomic E-state index is 13.5. The third-order valence-corrected chi connectivity index (χ3v) is 7.44.